The lowest BCUT2D eigenvalue weighted by molar-refractivity contribution is -0.125. The van der Waals surface area contributed by atoms with Gasteiger partial charge in [0.1, 0.15) is 0 Å². The number of para-hydroxylation sites is 1. The highest BCUT2D eigenvalue weighted by molar-refractivity contribution is 5.95. The molecule has 0 spiro atoms. The molecule has 2 amide bonds. The van der Waals surface area contributed by atoms with E-state index in [1.165, 1.54) is 11.1 Å². The van der Waals surface area contributed by atoms with E-state index in [-0.39, 0.29) is 30.9 Å². The average Bonchev–Trinajstić information content (AvgIpc) is 2.69. The Hall–Kier alpha value is -2.66. The van der Waals surface area contributed by atoms with Crippen LogP contribution < -0.4 is 10.6 Å². The maximum Gasteiger partial charge on any atom is 0.243 e. The number of fused-ring (bicyclic) bond motifs is 1. The summed E-state index contributed by atoms with van der Waals surface area (Å²) in [7, 11) is 1.98. The van der Waals surface area contributed by atoms with Crippen LogP contribution in [0.15, 0.2) is 42.5 Å². The number of rotatable bonds is 6. The minimum Gasteiger partial charge on any atom is -0.346 e. The molecule has 5 nitrogen and oxygen atoms in total. The van der Waals surface area contributed by atoms with Gasteiger partial charge >= 0.3 is 0 Å². The van der Waals surface area contributed by atoms with Gasteiger partial charge in [0, 0.05) is 11.7 Å². The summed E-state index contributed by atoms with van der Waals surface area (Å²) in [6.07, 6.45) is 3.28. The number of anilines is 1. The number of hydrogen-bond acceptors (Lipinski definition) is 3. The number of benzene rings is 2. The zero-order valence-electron chi connectivity index (χ0n) is 16.9. The lowest BCUT2D eigenvalue weighted by Crippen LogP contribution is -2.41. The molecular weight excluding hydrogens is 350 g/mol. The lowest BCUT2D eigenvalue weighted by atomic mass is 9.87. The molecule has 0 saturated carbocycles. The highest BCUT2D eigenvalue weighted by Crippen LogP contribution is 2.33. The standard InChI is InChI=1S/C23H29N3O2/c1-16-8-6-9-17(2)23(16)25-21(27)14-24-22(28)15-26(3)20-13-7-11-18-10-4-5-12-19(18)20/h4-6,8-10,12,20H,7,11,13-15H2,1-3H3,(H,24,28)(H,25,27)/t20-/m0/s1. The van der Waals surface area contributed by atoms with Crippen LogP contribution in [-0.4, -0.2) is 36.9 Å². The number of carbonyl (C=O) groups is 2. The maximum absolute atomic E-state index is 12.4. The van der Waals surface area contributed by atoms with Crippen molar-refractivity contribution in [1.82, 2.24) is 10.2 Å². The van der Waals surface area contributed by atoms with Crippen LogP contribution in [0.2, 0.25) is 0 Å². The van der Waals surface area contributed by atoms with E-state index in [9.17, 15) is 9.59 Å². The molecule has 1 atom stereocenters. The van der Waals surface area contributed by atoms with Crippen LogP contribution in [0.5, 0.6) is 0 Å². The number of hydrogen-bond donors (Lipinski definition) is 2. The zero-order valence-corrected chi connectivity index (χ0v) is 16.9. The minimum absolute atomic E-state index is 0.0261. The summed E-state index contributed by atoms with van der Waals surface area (Å²) >= 11 is 0. The number of likely N-dealkylation sites (N-methyl/N-ethyl adjacent to an activating group) is 1. The first kappa shape index (κ1) is 20.1. The number of amides is 2. The average molecular weight is 380 g/mol. The number of carbonyl (C=O) groups excluding carboxylic acids is 2. The largest absolute Gasteiger partial charge is 0.346 e. The first-order valence-corrected chi connectivity index (χ1v) is 9.86. The smallest absolute Gasteiger partial charge is 0.243 e. The summed E-state index contributed by atoms with van der Waals surface area (Å²) in [6, 6.07) is 14.6. The van der Waals surface area contributed by atoms with Crippen LogP contribution in [0.3, 0.4) is 0 Å². The molecule has 2 N–H and O–H groups in total. The summed E-state index contributed by atoms with van der Waals surface area (Å²) in [5, 5.41) is 5.64. The molecule has 0 aliphatic heterocycles. The van der Waals surface area contributed by atoms with Crippen molar-refractivity contribution in [2.75, 3.05) is 25.5 Å². The van der Waals surface area contributed by atoms with E-state index in [1.54, 1.807) is 0 Å². The second-order valence-electron chi connectivity index (χ2n) is 7.61. The number of aryl methyl sites for hydroxylation is 3. The fourth-order valence-electron chi connectivity index (χ4n) is 3.95. The minimum atomic E-state index is -0.212. The molecule has 5 heteroatoms. The Kier molecular flexibility index (Phi) is 6.47. The molecule has 0 unspecified atom stereocenters. The molecule has 0 radical (unpaired) electrons. The van der Waals surface area contributed by atoms with Crippen molar-refractivity contribution in [3.8, 4) is 0 Å². The van der Waals surface area contributed by atoms with Gasteiger partial charge in [0.15, 0.2) is 0 Å². The van der Waals surface area contributed by atoms with E-state index >= 15 is 0 Å². The zero-order chi connectivity index (χ0) is 20.1. The van der Waals surface area contributed by atoms with E-state index in [0.717, 1.165) is 36.1 Å². The van der Waals surface area contributed by atoms with Gasteiger partial charge in [-0.25, -0.2) is 0 Å². The van der Waals surface area contributed by atoms with Crippen molar-refractivity contribution in [3.05, 3.63) is 64.7 Å². The summed E-state index contributed by atoms with van der Waals surface area (Å²) in [5.41, 5.74) is 5.53. The third-order valence-electron chi connectivity index (χ3n) is 5.45. The Morgan fingerprint density at radius 2 is 1.75 bits per heavy atom. The van der Waals surface area contributed by atoms with Crippen molar-refractivity contribution in [3.63, 3.8) is 0 Å². The fourth-order valence-corrected chi connectivity index (χ4v) is 3.95. The van der Waals surface area contributed by atoms with Gasteiger partial charge in [-0.15, -0.1) is 0 Å². The van der Waals surface area contributed by atoms with E-state index in [4.69, 9.17) is 0 Å². The third-order valence-corrected chi connectivity index (χ3v) is 5.45. The molecule has 0 heterocycles. The molecule has 0 aromatic heterocycles. The maximum atomic E-state index is 12.4. The van der Waals surface area contributed by atoms with Crippen molar-refractivity contribution >= 4 is 17.5 Å². The van der Waals surface area contributed by atoms with Crippen LogP contribution in [-0.2, 0) is 16.0 Å². The van der Waals surface area contributed by atoms with E-state index < -0.39 is 0 Å². The van der Waals surface area contributed by atoms with Crippen molar-refractivity contribution < 1.29 is 9.59 Å². The monoisotopic (exact) mass is 379 g/mol. The normalized spacial score (nSPS) is 15.8. The second kappa shape index (κ2) is 9.02. The van der Waals surface area contributed by atoms with Gasteiger partial charge in [-0.2, -0.15) is 0 Å². The predicted molar refractivity (Wildman–Crippen MR) is 112 cm³/mol. The van der Waals surface area contributed by atoms with Crippen LogP contribution in [0.4, 0.5) is 5.69 Å². The molecule has 1 aliphatic rings. The molecule has 28 heavy (non-hydrogen) atoms. The van der Waals surface area contributed by atoms with Gasteiger partial charge in [0.05, 0.1) is 13.1 Å². The molecule has 0 fully saturated rings. The summed E-state index contributed by atoms with van der Waals surface area (Å²) in [6.45, 7) is 4.16. The van der Waals surface area contributed by atoms with Crippen LogP contribution >= 0.6 is 0 Å². The fraction of sp³-hybridized carbons (Fsp3) is 0.391. The molecule has 148 valence electrons. The summed E-state index contributed by atoms with van der Waals surface area (Å²) in [5.74, 6) is -0.348. The molecule has 2 aromatic rings. The quantitative estimate of drug-likeness (QED) is 0.809. The van der Waals surface area contributed by atoms with Crippen LogP contribution in [0, 0.1) is 13.8 Å². The highest BCUT2D eigenvalue weighted by Gasteiger charge is 2.24. The van der Waals surface area contributed by atoms with Gasteiger partial charge in [0.2, 0.25) is 11.8 Å². The topological polar surface area (TPSA) is 61.4 Å². The molecular formula is C23H29N3O2. The predicted octanol–water partition coefficient (Wildman–Crippen LogP) is 3.37. The van der Waals surface area contributed by atoms with Gasteiger partial charge < -0.3 is 10.6 Å². The molecule has 3 rings (SSSR count). The van der Waals surface area contributed by atoms with Crippen molar-refractivity contribution in [1.29, 1.82) is 0 Å². The third kappa shape index (κ3) is 4.78. The first-order valence-electron chi connectivity index (χ1n) is 9.86. The van der Waals surface area contributed by atoms with Gasteiger partial charge in [-0.1, -0.05) is 42.5 Å². The summed E-state index contributed by atoms with van der Waals surface area (Å²) in [4.78, 5) is 26.7. The highest BCUT2D eigenvalue weighted by atomic mass is 16.2. The molecule has 2 aromatic carbocycles. The summed E-state index contributed by atoms with van der Waals surface area (Å²) < 4.78 is 0. The SMILES string of the molecule is Cc1cccc(C)c1NC(=O)CNC(=O)CN(C)[C@H]1CCCc2ccccc21. The Balaban J connectivity index is 1.51. The first-order chi connectivity index (χ1) is 13.5. The Bertz CT molecular complexity index is 842. The van der Waals surface area contributed by atoms with Crippen molar-refractivity contribution in [2.24, 2.45) is 0 Å². The van der Waals surface area contributed by atoms with Crippen molar-refractivity contribution in [2.45, 2.75) is 39.2 Å². The van der Waals surface area contributed by atoms with E-state index in [0.29, 0.717) is 0 Å². The van der Waals surface area contributed by atoms with Gasteiger partial charge in [-0.05, 0) is 62.4 Å². The van der Waals surface area contributed by atoms with Gasteiger partial charge in [0.25, 0.3) is 0 Å². The second-order valence-corrected chi connectivity index (χ2v) is 7.61. The Morgan fingerprint density at radius 3 is 2.50 bits per heavy atom. The van der Waals surface area contributed by atoms with Gasteiger partial charge in [-0.3, -0.25) is 14.5 Å². The Labute approximate surface area is 167 Å². The number of nitrogens with one attached hydrogen (secondary N) is 2. The Morgan fingerprint density at radius 1 is 1.04 bits per heavy atom. The lowest BCUT2D eigenvalue weighted by Gasteiger charge is -2.32. The van der Waals surface area contributed by atoms with Crippen LogP contribution in [0.25, 0.3) is 0 Å². The molecule has 1 aliphatic carbocycles. The van der Waals surface area contributed by atoms with Crippen LogP contribution in [0.1, 0.15) is 41.1 Å². The van der Waals surface area contributed by atoms with E-state index in [1.807, 2.05) is 39.1 Å². The molecule has 0 bridgehead atoms. The number of nitrogens with zero attached hydrogens (tertiary/aromatic N) is 1. The molecule has 0 saturated heterocycles. The van der Waals surface area contributed by atoms with E-state index in [2.05, 4.69) is 39.8 Å².